The molecule has 4 heteroatoms. The van der Waals surface area contributed by atoms with E-state index in [-0.39, 0.29) is 12.4 Å². The van der Waals surface area contributed by atoms with E-state index >= 15 is 0 Å². The van der Waals surface area contributed by atoms with Crippen molar-refractivity contribution in [3.8, 4) is 5.75 Å². The highest BCUT2D eigenvalue weighted by Gasteiger charge is 2.07. The standard InChI is InChI=1S/C14H13BrFNO/c1-9-7-10(5-6-12(9)15)18-8-11-13(16)3-2-4-14(11)17/h2-7H,8,17H2,1H3. The van der Waals surface area contributed by atoms with Crippen LogP contribution in [0.3, 0.4) is 0 Å². The molecule has 0 amide bonds. The van der Waals surface area contributed by atoms with Crippen molar-refractivity contribution < 1.29 is 9.13 Å². The van der Waals surface area contributed by atoms with Gasteiger partial charge in [0.05, 0.1) is 0 Å². The number of nitrogens with two attached hydrogens (primary N) is 1. The second kappa shape index (κ2) is 5.40. The third kappa shape index (κ3) is 2.82. The third-order valence-electron chi connectivity index (χ3n) is 2.67. The minimum absolute atomic E-state index is 0.125. The minimum Gasteiger partial charge on any atom is -0.489 e. The first-order valence-electron chi connectivity index (χ1n) is 5.50. The summed E-state index contributed by atoms with van der Waals surface area (Å²) >= 11 is 3.41. The summed E-state index contributed by atoms with van der Waals surface area (Å²) in [6, 6.07) is 10.2. The van der Waals surface area contributed by atoms with Gasteiger partial charge in [-0.05, 0) is 42.8 Å². The maximum absolute atomic E-state index is 13.5. The van der Waals surface area contributed by atoms with Gasteiger partial charge in [0, 0.05) is 15.7 Å². The van der Waals surface area contributed by atoms with E-state index in [0.717, 1.165) is 10.0 Å². The van der Waals surface area contributed by atoms with Gasteiger partial charge in [-0.1, -0.05) is 22.0 Å². The van der Waals surface area contributed by atoms with E-state index in [9.17, 15) is 4.39 Å². The van der Waals surface area contributed by atoms with Gasteiger partial charge in [-0.3, -0.25) is 0 Å². The SMILES string of the molecule is Cc1cc(OCc2c(N)cccc2F)ccc1Br. The monoisotopic (exact) mass is 309 g/mol. The van der Waals surface area contributed by atoms with Gasteiger partial charge in [-0.25, -0.2) is 4.39 Å². The molecule has 0 saturated heterocycles. The van der Waals surface area contributed by atoms with Crippen LogP contribution in [0.5, 0.6) is 5.75 Å². The first-order chi connectivity index (χ1) is 8.58. The Hall–Kier alpha value is -1.55. The summed E-state index contributed by atoms with van der Waals surface area (Å²) in [5.41, 5.74) is 7.57. The van der Waals surface area contributed by atoms with Crippen molar-refractivity contribution >= 4 is 21.6 Å². The van der Waals surface area contributed by atoms with Crippen LogP contribution in [0.15, 0.2) is 40.9 Å². The van der Waals surface area contributed by atoms with E-state index in [2.05, 4.69) is 15.9 Å². The van der Waals surface area contributed by atoms with E-state index in [0.29, 0.717) is 17.0 Å². The number of nitrogen functional groups attached to an aromatic ring is 1. The van der Waals surface area contributed by atoms with Crippen molar-refractivity contribution in [3.63, 3.8) is 0 Å². The summed E-state index contributed by atoms with van der Waals surface area (Å²) in [7, 11) is 0. The number of halogens is 2. The molecule has 0 spiro atoms. The van der Waals surface area contributed by atoms with E-state index in [1.165, 1.54) is 6.07 Å². The van der Waals surface area contributed by atoms with Crippen molar-refractivity contribution in [2.75, 3.05) is 5.73 Å². The normalized spacial score (nSPS) is 10.4. The van der Waals surface area contributed by atoms with Gasteiger partial charge in [0.25, 0.3) is 0 Å². The van der Waals surface area contributed by atoms with E-state index in [1.54, 1.807) is 12.1 Å². The molecule has 0 atom stereocenters. The molecule has 0 bridgehead atoms. The van der Waals surface area contributed by atoms with Gasteiger partial charge in [0.1, 0.15) is 18.2 Å². The topological polar surface area (TPSA) is 35.2 Å². The molecule has 0 radical (unpaired) electrons. The molecule has 18 heavy (non-hydrogen) atoms. The summed E-state index contributed by atoms with van der Waals surface area (Å²) in [4.78, 5) is 0. The Morgan fingerprint density at radius 3 is 2.72 bits per heavy atom. The number of anilines is 1. The first-order valence-corrected chi connectivity index (χ1v) is 6.29. The maximum atomic E-state index is 13.5. The first kappa shape index (κ1) is 12.9. The lowest BCUT2D eigenvalue weighted by atomic mass is 10.2. The summed E-state index contributed by atoms with van der Waals surface area (Å²) in [5, 5.41) is 0. The average molecular weight is 310 g/mol. The van der Waals surface area contributed by atoms with Gasteiger partial charge < -0.3 is 10.5 Å². The number of rotatable bonds is 3. The molecule has 2 aromatic carbocycles. The van der Waals surface area contributed by atoms with Crippen LogP contribution in [-0.4, -0.2) is 0 Å². The fourth-order valence-electron chi connectivity index (χ4n) is 1.59. The lowest BCUT2D eigenvalue weighted by molar-refractivity contribution is 0.300. The molecular formula is C14H13BrFNO. The average Bonchev–Trinajstić information content (AvgIpc) is 2.33. The molecule has 0 aliphatic carbocycles. The molecule has 2 nitrogen and oxygen atoms in total. The summed E-state index contributed by atoms with van der Waals surface area (Å²) in [6.45, 7) is 2.09. The lowest BCUT2D eigenvalue weighted by Gasteiger charge is -2.10. The van der Waals surface area contributed by atoms with Crippen LogP contribution in [0.4, 0.5) is 10.1 Å². The number of hydrogen-bond donors (Lipinski definition) is 1. The summed E-state index contributed by atoms with van der Waals surface area (Å²) in [6.07, 6.45) is 0. The Morgan fingerprint density at radius 2 is 2.06 bits per heavy atom. The summed E-state index contributed by atoms with van der Waals surface area (Å²) < 4.78 is 20.1. The molecule has 0 unspecified atom stereocenters. The van der Waals surface area contributed by atoms with E-state index in [4.69, 9.17) is 10.5 Å². The number of ether oxygens (including phenoxy) is 1. The quantitative estimate of drug-likeness (QED) is 0.868. The Bertz CT molecular complexity index is 551. The Kier molecular flexibility index (Phi) is 3.87. The third-order valence-corrected chi connectivity index (χ3v) is 3.56. The van der Waals surface area contributed by atoms with Crippen molar-refractivity contribution in [1.82, 2.24) is 0 Å². The van der Waals surface area contributed by atoms with Gasteiger partial charge in [-0.2, -0.15) is 0 Å². The Balaban J connectivity index is 2.14. The molecule has 2 N–H and O–H groups in total. The molecule has 0 aliphatic heterocycles. The van der Waals surface area contributed by atoms with E-state index < -0.39 is 0 Å². The number of aryl methyl sites for hydroxylation is 1. The number of hydrogen-bond acceptors (Lipinski definition) is 2. The summed E-state index contributed by atoms with van der Waals surface area (Å²) in [5.74, 6) is 0.349. The zero-order chi connectivity index (χ0) is 13.1. The highest BCUT2D eigenvalue weighted by molar-refractivity contribution is 9.10. The molecule has 0 fully saturated rings. The predicted octanol–water partition coefficient (Wildman–Crippen LogP) is 4.06. The largest absolute Gasteiger partial charge is 0.489 e. The zero-order valence-electron chi connectivity index (χ0n) is 9.91. The fourth-order valence-corrected chi connectivity index (χ4v) is 1.84. The molecule has 2 rings (SSSR count). The van der Waals surface area contributed by atoms with Crippen LogP contribution in [0.25, 0.3) is 0 Å². The molecule has 0 heterocycles. The molecule has 2 aromatic rings. The molecule has 0 aromatic heterocycles. The van der Waals surface area contributed by atoms with Crippen LogP contribution in [-0.2, 0) is 6.61 Å². The van der Waals surface area contributed by atoms with Gasteiger partial charge in [0.2, 0.25) is 0 Å². The second-order valence-electron chi connectivity index (χ2n) is 4.01. The molecule has 0 saturated carbocycles. The Labute approximate surface area is 114 Å². The van der Waals surface area contributed by atoms with Crippen molar-refractivity contribution in [2.24, 2.45) is 0 Å². The zero-order valence-corrected chi connectivity index (χ0v) is 11.5. The highest BCUT2D eigenvalue weighted by Crippen LogP contribution is 2.23. The van der Waals surface area contributed by atoms with Crippen LogP contribution >= 0.6 is 15.9 Å². The van der Waals surface area contributed by atoms with Crippen LogP contribution in [0, 0.1) is 12.7 Å². The molecule has 94 valence electrons. The van der Waals surface area contributed by atoms with Gasteiger partial charge >= 0.3 is 0 Å². The smallest absolute Gasteiger partial charge is 0.131 e. The van der Waals surface area contributed by atoms with Gasteiger partial charge in [0.15, 0.2) is 0 Å². The molecule has 0 aliphatic rings. The lowest BCUT2D eigenvalue weighted by Crippen LogP contribution is -2.03. The van der Waals surface area contributed by atoms with Crippen LogP contribution in [0.1, 0.15) is 11.1 Å². The highest BCUT2D eigenvalue weighted by atomic mass is 79.9. The Morgan fingerprint density at radius 1 is 1.28 bits per heavy atom. The molecular weight excluding hydrogens is 297 g/mol. The maximum Gasteiger partial charge on any atom is 0.131 e. The van der Waals surface area contributed by atoms with Crippen molar-refractivity contribution in [1.29, 1.82) is 0 Å². The van der Waals surface area contributed by atoms with Crippen LogP contribution < -0.4 is 10.5 Å². The van der Waals surface area contributed by atoms with Crippen LogP contribution in [0.2, 0.25) is 0 Å². The minimum atomic E-state index is -0.344. The fraction of sp³-hybridized carbons (Fsp3) is 0.143. The van der Waals surface area contributed by atoms with E-state index in [1.807, 2.05) is 25.1 Å². The van der Waals surface area contributed by atoms with Crippen molar-refractivity contribution in [3.05, 3.63) is 57.8 Å². The van der Waals surface area contributed by atoms with Crippen molar-refractivity contribution in [2.45, 2.75) is 13.5 Å². The predicted molar refractivity (Wildman–Crippen MR) is 74.0 cm³/mol. The number of benzene rings is 2. The van der Waals surface area contributed by atoms with Gasteiger partial charge in [-0.15, -0.1) is 0 Å². The second-order valence-corrected chi connectivity index (χ2v) is 4.86.